The molecule has 194 valence electrons. The molecule has 1 aromatic carbocycles. The molecule has 1 aliphatic carbocycles. The summed E-state index contributed by atoms with van der Waals surface area (Å²) >= 11 is 6.17. The number of fused-ring (bicyclic) bond motifs is 1. The van der Waals surface area contributed by atoms with Crippen LogP contribution in [0.1, 0.15) is 31.9 Å². The molecule has 1 saturated heterocycles. The highest BCUT2D eigenvalue weighted by atomic mass is 35.5. The van der Waals surface area contributed by atoms with Crippen LogP contribution in [-0.2, 0) is 14.0 Å². The molecule has 0 radical (unpaired) electrons. The van der Waals surface area contributed by atoms with Gasteiger partial charge < -0.3 is 34.4 Å². The number of halogens is 1. The molecule has 5 atom stereocenters. The largest absolute Gasteiger partial charge is 0.423 e. The van der Waals surface area contributed by atoms with Crippen molar-refractivity contribution in [3.05, 3.63) is 41.9 Å². The summed E-state index contributed by atoms with van der Waals surface area (Å²) in [7, 11) is -4.10. The highest BCUT2D eigenvalue weighted by Crippen LogP contribution is 2.43. The Labute approximate surface area is 211 Å². The zero-order valence-electron chi connectivity index (χ0n) is 19.2. The minimum absolute atomic E-state index is 0.00906. The zero-order valence-corrected chi connectivity index (χ0v) is 20.8. The molecular formula is C22H27ClN5O7P. The van der Waals surface area contributed by atoms with Gasteiger partial charge in [-0.15, -0.1) is 0 Å². The van der Waals surface area contributed by atoms with E-state index in [0.717, 1.165) is 25.7 Å². The van der Waals surface area contributed by atoms with Crippen LogP contribution in [-0.4, -0.2) is 71.9 Å². The number of benzene rings is 1. The number of hydrogen-bond acceptors (Lipinski definition) is 10. The summed E-state index contributed by atoms with van der Waals surface area (Å²) in [6.45, 7) is -0.256. The number of hydrogen-bond donors (Lipinski definition) is 4. The molecule has 0 bridgehead atoms. The Hall–Kier alpha value is -2.31. The van der Waals surface area contributed by atoms with Crippen LogP contribution in [0.4, 0.5) is 5.82 Å². The third-order valence-electron chi connectivity index (χ3n) is 6.23. The first-order valence-corrected chi connectivity index (χ1v) is 13.8. The van der Waals surface area contributed by atoms with Gasteiger partial charge >= 0.3 is 7.60 Å². The van der Waals surface area contributed by atoms with E-state index in [-0.39, 0.29) is 23.7 Å². The lowest BCUT2D eigenvalue weighted by molar-refractivity contribution is -0.0612. The highest BCUT2D eigenvalue weighted by molar-refractivity contribution is 7.53. The van der Waals surface area contributed by atoms with Crippen LogP contribution in [0.25, 0.3) is 11.2 Å². The van der Waals surface area contributed by atoms with Crippen LogP contribution in [0.15, 0.2) is 36.7 Å². The molecule has 4 N–H and O–H groups in total. The second-order valence-corrected chi connectivity index (χ2v) is 10.9. The number of imidazole rings is 1. The lowest BCUT2D eigenvalue weighted by Crippen LogP contribution is -2.34. The maximum atomic E-state index is 12.3. The summed E-state index contributed by atoms with van der Waals surface area (Å²) in [5, 5.41) is 24.6. The Morgan fingerprint density at radius 3 is 2.67 bits per heavy atom. The van der Waals surface area contributed by atoms with Gasteiger partial charge in [0.1, 0.15) is 24.1 Å². The number of ether oxygens (including phenoxy) is 2. The van der Waals surface area contributed by atoms with Crippen molar-refractivity contribution in [1.29, 1.82) is 0 Å². The fourth-order valence-corrected chi connectivity index (χ4v) is 5.50. The molecule has 2 aliphatic rings. The highest BCUT2D eigenvalue weighted by Gasteiger charge is 2.45. The average Bonchev–Trinajstić information content (AvgIpc) is 3.56. The maximum absolute atomic E-state index is 12.3. The van der Waals surface area contributed by atoms with Crippen molar-refractivity contribution in [2.24, 2.45) is 0 Å². The van der Waals surface area contributed by atoms with E-state index >= 15 is 0 Å². The number of aliphatic hydroxyl groups excluding tert-OH is 2. The summed E-state index contributed by atoms with van der Waals surface area (Å²) in [6, 6.07) is 8.47. The monoisotopic (exact) mass is 539 g/mol. The predicted octanol–water partition coefficient (Wildman–Crippen LogP) is 2.69. The number of rotatable bonds is 9. The smallest absolute Gasteiger partial charge is 0.402 e. The predicted molar refractivity (Wildman–Crippen MR) is 130 cm³/mol. The van der Waals surface area contributed by atoms with Crippen LogP contribution in [0.2, 0.25) is 5.28 Å². The number of nitrogens with zero attached hydrogens (tertiary/aromatic N) is 4. The van der Waals surface area contributed by atoms with Crippen LogP contribution in [0.5, 0.6) is 5.75 Å². The van der Waals surface area contributed by atoms with E-state index in [1.807, 2.05) is 0 Å². The molecule has 0 amide bonds. The normalized spacial score (nSPS) is 26.3. The molecule has 3 heterocycles. The number of anilines is 1. The van der Waals surface area contributed by atoms with Crippen LogP contribution < -0.4 is 9.84 Å². The summed E-state index contributed by atoms with van der Waals surface area (Å²) in [5.74, 6) is 0.731. The fourth-order valence-electron chi connectivity index (χ4n) is 4.49. The Morgan fingerprint density at radius 1 is 1.17 bits per heavy atom. The van der Waals surface area contributed by atoms with E-state index in [9.17, 15) is 19.7 Å². The van der Waals surface area contributed by atoms with Crippen LogP contribution in [0, 0.1) is 0 Å². The second-order valence-electron chi connectivity index (χ2n) is 8.88. The molecular weight excluding hydrogens is 513 g/mol. The van der Waals surface area contributed by atoms with E-state index in [2.05, 4.69) is 20.3 Å². The van der Waals surface area contributed by atoms with Gasteiger partial charge in [0.05, 0.1) is 12.9 Å². The molecule has 36 heavy (non-hydrogen) atoms. The molecule has 1 saturated carbocycles. The van der Waals surface area contributed by atoms with Crippen molar-refractivity contribution >= 4 is 36.2 Å². The molecule has 2 aromatic heterocycles. The number of aliphatic hydroxyl groups is 2. The average molecular weight is 540 g/mol. The molecule has 5 rings (SSSR count). The van der Waals surface area contributed by atoms with Gasteiger partial charge in [0, 0.05) is 6.04 Å². The van der Waals surface area contributed by atoms with Gasteiger partial charge in [-0.3, -0.25) is 4.57 Å². The summed E-state index contributed by atoms with van der Waals surface area (Å²) in [6.07, 6.45) is 0.475. The van der Waals surface area contributed by atoms with Gasteiger partial charge in [-0.1, -0.05) is 31.0 Å². The van der Waals surface area contributed by atoms with Crippen LogP contribution >= 0.6 is 19.2 Å². The third kappa shape index (κ3) is 5.50. The van der Waals surface area contributed by atoms with Gasteiger partial charge in [0.25, 0.3) is 0 Å². The Bertz CT molecular complexity index is 1240. The maximum Gasteiger partial charge on any atom is 0.402 e. The lowest BCUT2D eigenvalue weighted by Gasteiger charge is -2.18. The lowest BCUT2D eigenvalue weighted by atomic mass is 10.1. The van der Waals surface area contributed by atoms with Crippen molar-refractivity contribution in [2.75, 3.05) is 18.3 Å². The molecule has 3 aromatic rings. The Balaban J connectivity index is 1.26. The first kappa shape index (κ1) is 25.3. The third-order valence-corrected chi connectivity index (χ3v) is 7.40. The van der Waals surface area contributed by atoms with Crippen molar-refractivity contribution in [3.8, 4) is 5.75 Å². The molecule has 1 unspecified atom stereocenters. The summed E-state index contributed by atoms with van der Waals surface area (Å²) in [4.78, 5) is 23.0. The number of para-hydroxylation sites is 1. The van der Waals surface area contributed by atoms with E-state index in [0.29, 0.717) is 17.0 Å². The summed E-state index contributed by atoms with van der Waals surface area (Å²) < 4.78 is 30.0. The van der Waals surface area contributed by atoms with Crippen LogP contribution in [0.3, 0.4) is 0 Å². The van der Waals surface area contributed by atoms with E-state index in [1.165, 1.54) is 10.9 Å². The zero-order chi connectivity index (χ0) is 25.3. The van der Waals surface area contributed by atoms with Crippen molar-refractivity contribution in [1.82, 2.24) is 19.5 Å². The SMILES string of the molecule is O=P(O)(COC[C@H]1O[C@@H](n2cnc3c(NC4CCCC4)nc(Cl)nc32)[C@H](O)[C@@H]1O)Oc1ccccc1. The molecule has 12 nitrogen and oxygen atoms in total. The molecule has 2 fully saturated rings. The number of nitrogens with one attached hydrogen (secondary N) is 1. The van der Waals surface area contributed by atoms with Gasteiger partial charge in [0.2, 0.25) is 5.28 Å². The standard InChI is InChI=1S/C22H27ClN5O7P/c23-22-26-19(25-13-6-4-5-7-13)16-20(27-22)28(11-24-16)21-18(30)17(29)15(34-21)10-33-12-36(31,32)35-14-8-2-1-3-9-14/h1-3,8-9,11,13,15,17-18,21,29-30H,4-7,10,12H2,(H,31,32)(H,25,26,27)/t15-,17-,18-,21-/m1/s1. The first-order chi connectivity index (χ1) is 17.3. The fraction of sp³-hybridized carbons (Fsp3) is 0.500. The minimum atomic E-state index is -4.10. The van der Waals surface area contributed by atoms with Crippen molar-refractivity contribution in [2.45, 2.75) is 56.3 Å². The summed E-state index contributed by atoms with van der Waals surface area (Å²) in [5.41, 5.74) is 0.806. The molecule has 0 spiro atoms. The minimum Gasteiger partial charge on any atom is -0.423 e. The topological polar surface area (TPSA) is 161 Å². The van der Waals surface area contributed by atoms with Crippen molar-refractivity contribution in [3.63, 3.8) is 0 Å². The number of aromatic nitrogens is 4. The van der Waals surface area contributed by atoms with E-state index < -0.39 is 38.5 Å². The van der Waals surface area contributed by atoms with Gasteiger partial charge in [-0.25, -0.2) is 9.55 Å². The Morgan fingerprint density at radius 2 is 1.92 bits per heavy atom. The quantitative estimate of drug-likeness (QED) is 0.234. The Kier molecular flexibility index (Phi) is 7.45. The van der Waals surface area contributed by atoms with Gasteiger partial charge in [-0.05, 0) is 36.6 Å². The molecule has 14 heteroatoms. The van der Waals surface area contributed by atoms with Gasteiger partial charge in [0.15, 0.2) is 29.6 Å². The van der Waals surface area contributed by atoms with E-state index in [4.69, 9.17) is 25.6 Å². The first-order valence-electron chi connectivity index (χ1n) is 11.6. The second kappa shape index (κ2) is 10.6. The van der Waals surface area contributed by atoms with Gasteiger partial charge in [-0.2, -0.15) is 9.97 Å². The van der Waals surface area contributed by atoms with Crippen molar-refractivity contribution < 1.29 is 33.7 Å². The van der Waals surface area contributed by atoms with E-state index in [1.54, 1.807) is 30.3 Å². The molecule has 1 aliphatic heterocycles.